The first kappa shape index (κ1) is 38.6. The third kappa shape index (κ3) is 6.05. The number of rotatable bonds is 7. The van der Waals surface area contributed by atoms with Crippen LogP contribution in [0.15, 0.2) is 247 Å². The summed E-state index contributed by atoms with van der Waals surface area (Å²) in [7, 11) is 0. The van der Waals surface area contributed by atoms with Gasteiger partial charge in [0.25, 0.3) is 0 Å². The molecule has 0 aliphatic heterocycles. The van der Waals surface area contributed by atoms with E-state index in [0.717, 1.165) is 55.8 Å². The lowest BCUT2D eigenvalue weighted by Crippen LogP contribution is -2.10. The highest BCUT2D eigenvalue weighted by molar-refractivity contribution is 7.26. The highest BCUT2D eigenvalue weighted by Gasteiger charge is 2.22. The van der Waals surface area contributed by atoms with Gasteiger partial charge < -0.3 is 13.9 Å². The zero-order valence-electron chi connectivity index (χ0n) is 36.8. The van der Waals surface area contributed by atoms with Crippen LogP contribution in [0.25, 0.3) is 114 Å². The Morgan fingerprint density at radius 3 is 1.63 bits per heavy atom. The van der Waals surface area contributed by atoms with Gasteiger partial charge >= 0.3 is 0 Å². The van der Waals surface area contributed by atoms with Crippen molar-refractivity contribution in [2.45, 2.75) is 0 Å². The van der Waals surface area contributed by atoms with Crippen molar-refractivity contribution < 1.29 is 4.42 Å². The topological polar surface area (TPSA) is 21.3 Å². The van der Waals surface area contributed by atoms with Gasteiger partial charge in [-0.05, 0) is 105 Å². The standard InChI is InChI=1S/C64H40N2OS/c1-2-15-48-41(13-1)14-11-20-49(48)42-27-33-45(34-28-42)65(46-35-29-43(30-36-46)50-21-12-22-55-54-18-5-9-25-60(54)67-63(50)55)59-40-39-51(64-62(59)56-19-6-10-26-61(56)68-64)44-31-37-47(38-32-44)66-57-23-7-3-16-52(57)53-17-4-8-24-58(53)66/h1-40H. The summed E-state index contributed by atoms with van der Waals surface area (Å²) in [6.45, 7) is 0. The molecule has 0 amide bonds. The number of para-hydroxylation sites is 4. The van der Waals surface area contributed by atoms with Gasteiger partial charge in [-0.15, -0.1) is 11.3 Å². The van der Waals surface area contributed by atoms with Crippen molar-refractivity contribution >= 4 is 103 Å². The van der Waals surface area contributed by atoms with E-state index in [1.807, 2.05) is 23.5 Å². The van der Waals surface area contributed by atoms with Crippen molar-refractivity contribution in [1.29, 1.82) is 0 Å². The molecule has 0 N–H and O–H groups in total. The fourth-order valence-corrected chi connectivity index (χ4v) is 11.9. The summed E-state index contributed by atoms with van der Waals surface area (Å²) < 4.78 is 11.4. The van der Waals surface area contributed by atoms with Crippen LogP contribution >= 0.6 is 11.3 Å². The molecule has 11 aromatic carbocycles. The number of nitrogens with zero attached hydrogens (tertiary/aromatic N) is 2. The van der Waals surface area contributed by atoms with E-state index in [2.05, 4.69) is 240 Å². The molecular weight excluding hydrogens is 845 g/mol. The molecule has 0 aliphatic carbocycles. The molecule has 0 aliphatic rings. The van der Waals surface area contributed by atoms with Crippen LogP contribution in [-0.4, -0.2) is 4.57 Å². The third-order valence-electron chi connectivity index (χ3n) is 13.8. The number of aromatic nitrogens is 1. The molecule has 0 atom stereocenters. The Hall–Kier alpha value is -8.70. The van der Waals surface area contributed by atoms with Gasteiger partial charge in [0.2, 0.25) is 0 Å². The van der Waals surface area contributed by atoms with E-state index in [1.165, 1.54) is 75.0 Å². The number of fused-ring (bicyclic) bond motifs is 10. The average molecular weight is 885 g/mol. The summed E-state index contributed by atoms with van der Waals surface area (Å²) in [4.78, 5) is 2.44. The predicted molar refractivity (Wildman–Crippen MR) is 289 cm³/mol. The number of thiophene rings is 1. The van der Waals surface area contributed by atoms with Crippen LogP contribution in [-0.2, 0) is 0 Å². The lowest BCUT2D eigenvalue weighted by Gasteiger charge is -2.27. The van der Waals surface area contributed by atoms with Crippen molar-refractivity contribution in [1.82, 2.24) is 4.57 Å². The molecule has 68 heavy (non-hydrogen) atoms. The molecule has 14 rings (SSSR count). The van der Waals surface area contributed by atoms with E-state index >= 15 is 0 Å². The lowest BCUT2D eigenvalue weighted by atomic mass is 9.97. The first-order valence-corrected chi connectivity index (χ1v) is 24.0. The minimum absolute atomic E-state index is 0.902. The summed E-state index contributed by atoms with van der Waals surface area (Å²) in [6, 6.07) is 88.2. The van der Waals surface area contributed by atoms with Gasteiger partial charge in [-0.3, -0.25) is 0 Å². The summed E-state index contributed by atoms with van der Waals surface area (Å²) in [5, 5.41) is 9.76. The largest absolute Gasteiger partial charge is 0.455 e. The summed E-state index contributed by atoms with van der Waals surface area (Å²) in [5.41, 5.74) is 15.7. The molecule has 0 radical (unpaired) electrons. The second-order valence-electron chi connectivity index (χ2n) is 17.6. The highest BCUT2D eigenvalue weighted by atomic mass is 32.1. The second-order valence-corrected chi connectivity index (χ2v) is 18.6. The molecule has 0 bridgehead atoms. The third-order valence-corrected chi connectivity index (χ3v) is 15.0. The van der Waals surface area contributed by atoms with Crippen molar-refractivity contribution in [2.24, 2.45) is 0 Å². The Labute approximate surface area is 396 Å². The fourth-order valence-electron chi connectivity index (χ4n) is 10.7. The van der Waals surface area contributed by atoms with Crippen LogP contribution in [0.4, 0.5) is 17.1 Å². The molecule has 0 fully saturated rings. The Balaban J connectivity index is 0.928. The van der Waals surface area contributed by atoms with Crippen molar-refractivity contribution in [2.75, 3.05) is 4.90 Å². The molecule has 14 aromatic rings. The van der Waals surface area contributed by atoms with E-state index < -0.39 is 0 Å². The molecule has 3 aromatic heterocycles. The Kier molecular flexibility index (Phi) is 8.76. The molecule has 3 nitrogen and oxygen atoms in total. The van der Waals surface area contributed by atoms with Crippen LogP contribution in [0.3, 0.4) is 0 Å². The van der Waals surface area contributed by atoms with Crippen LogP contribution in [0.1, 0.15) is 0 Å². The van der Waals surface area contributed by atoms with Crippen LogP contribution in [0, 0.1) is 0 Å². The first-order chi connectivity index (χ1) is 33.7. The summed E-state index contributed by atoms with van der Waals surface area (Å²) in [6.07, 6.45) is 0. The van der Waals surface area contributed by atoms with E-state index in [0.29, 0.717) is 0 Å². The van der Waals surface area contributed by atoms with Gasteiger partial charge in [-0.1, -0.05) is 176 Å². The average Bonchev–Trinajstić information content (AvgIpc) is 4.10. The van der Waals surface area contributed by atoms with Gasteiger partial charge in [-0.25, -0.2) is 0 Å². The zero-order chi connectivity index (χ0) is 44.7. The number of hydrogen-bond donors (Lipinski definition) is 0. The summed E-state index contributed by atoms with van der Waals surface area (Å²) in [5.74, 6) is 0. The molecule has 0 saturated carbocycles. The fraction of sp³-hybridized carbons (Fsp3) is 0. The number of anilines is 3. The van der Waals surface area contributed by atoms with E-state index in [1.54, 1.807) is 0 Å². The molecule has 3 heterocycles. The predicted octanol–water partition coefficient (Wildman–Crippen LogP) is 18.7. The molecule has 0 spiro atoms. The Morgan fingerprint density at radius 2 is 0.897 bits per heavy atom. The molecule has 318 valence electrons. The van der Waals surface area contributed by atoms with Crippen LogP contribution in [0.5, 0.6) is 0 Å². The molecule has 0 unspecified atom stereocenters. The second kappa shape index (κ2) is 15.5. The number of hydrogen-bond acceptors (Lipinski definition) is 3. The smallest absolute Gasteiger partial charge is 0.143 e. The van der Waals surface area contributed by atoms with Crippen LogP contribution in [0.2, 0.25) is 0 Å². The summed E-state index contributed by atoms with van der Waals surface area (Å²) >= 11 is 1.87. The molecule has 0 saturated heterocycles. The Morgan fingerprint density at radius 1 is 0.368 bits per heavy atom. The maximum Gasteiger partial charge on any atom is 0.143 e. The Bertz CT molecular complexity index is 4190. The lowest BCUT2D eigenvalue weighted by molar-refractivity contribution is 0.670. The SMILES string of the molecule is c1ccc2c(-c3ccc(N(c4ccc(-c5cccc6c5oc5ccccc56)cc4)c4ccc(-c5ccc(-n6c7ccccc7c7ccccc76)cc5)c5sc6ccccc6c45)cc3)cccc2c1. The van der Waals surface area contributed by atoms with Gasteiger partial charge in [0.15, 0.2) is 0 Å². The highest BCUT2D eigenvalue weighted by Crippen LogP contribution is 2.49. The van der Waals surface area contributed by atoms with Crippen molar-refractivity contribution in [3.05, 3.63) is 243 Å². The van der Waals surface area contributed by atoms with Gasteiger partial charge in [0.05, 0.1) is 16.7 Å². The van der Waals surface area contributed by atoms with Gasteiger partial charge in [0, 0.05) is 64.3 Å². The van der Waals surface area contributed by atoms with Crippen LogP contribution < -0.4 is 4.90 Å². The molecule has 4 heteroatoms. The normalized spacial score (nSPS) is 11.8. The monoisotopic (exact) mass is 884 g/mol. The van der Waals surface area contributed by atoms with E-state index in [4.69, 9.17) is 4.42 Å². The first-order valence-electron chi connectivity index (χ1n) is 23.2. The van der Waals surface area contributed by atoms with Gasteiger partial charge in [-0.2, -0.15) is 0 Å². The minimum Gasteiger partial charge on any atom is -0.455 e. The van der Waals surface area contributed by atoms with Gasteiger partial charge in [0.1, 0.15) is 11.2 Å². The maximum atomic E-state index is 6.51. The quantitative estimate of drug-likeness (QED) is 0.159. The van der Waals surface area contributed by atoms with Crippen molar-refractivity contribution in [3.8, 4) is 39.1 Å². The maximum absolute atomic E-state index is 6.51. The zero-order valence-corrected chi connectivity index (χ0v) is 37.6. The molecular formula is C64H40N2OS. The van der Waals surface area contributed by atoms with E-state index in [-0.39, 0.29) is 0 Å². The minimum atomic E-state index is 0.902. The number of furan rings is 1. The van der Waals surface area contributed by atoms with E-state index in [9.17, 15) is 0 Å². The number of benzene rings is 11. The van der Waals surface area contributed by atoms with Crippen molar-refractivity contribution in [3.63, 3.8) is 0 Å².